The van der Waals surface area contributed by atoms with Crippen molar-refractivity contribution in [1.29, 1.82) is 0 Å². The number of rotatable bonds is 1. The van der Waals surface area contributed by atoms with Gasteiger partial charge in [-0.1, -0.05) is 35.1 Å². The summed E-state index contributed by atoms with van der Waals surface area (Å²) in [6.45, 7) is 2.06. The van der Waals surface area contributed by atoms with Gasteiger partial charge in [0.2, 0.25) is 0 Å². The minimum Gasteiger partial charge on any atom is -0.389 e. The van der Waals surface area contributed by atoms with Gasteiger partial charge in [-0.25, -0.2) is 4.98 Å². The van der Waals surface area contributed by atoms with E-state index >= 15 is 0 Å². The monoisotopic (exact) mass is 268 g/mol. The van der Waals surface area contributed by atoms with Crippen molar-refractivity contribution in [1.82, 2.24) is 4.98 Å². The summed E-state index contributed by atoms with van der Waals surface area (Å²) in [4.78, 5) is 4.33. The van der Waals surface area contributed by atoms with E-state index in [-0.39, 0.29) is 0 Å². The Morgan fingerprint density at radius 2 is 2.21 bits per heavy atom. The van der Waals surface area contributed by atoms with E-state index in [1.807, 2.05) is 12.1 Å². The second-order valence-electron chi connectivity index (χ2n) is 3.05. The number of hydrogen-bond donors (Lipinski definition) is 1. The third-order valence-corrected chi connectivity index (χ3v) is 3.25. The van der Waals surface area contributed by atoms with Crippen LogP contribution in [0, 0.1) is 6.92 Å². The van der Waals surface area contributed by atoms with Crippen LogP contribution in [0.2, 0.25) is 0 Å². The number of benzene rings is 1. The van der Waals surface area contributed by atoms with Gasteiger partial charge in [0.15, 0.2) is 3.92 Å². The van der Waals surface area contributed by atoms with E-state index in [1.165, 1.54) is 16.9 Å². The number of nitrogen functional groups attached to an aromatic ring is 1. The molecule has 72 valence electrons. The van der Waals surface area contributed by atoms with Crippen LogP contribution in [0.1, 0.15) is 5.56 Å². The topological polar surface area (TPSA) is 38.9 Å². The summed E-state index contributed by atoms with van der Waals surface area (Å²) >= 11 is 4.78. The summed E-state index contributed by atoms with van der Waals surface area (Å²) in [7, 11) is 0. The Bertz CT molecular complexity index is 465. The smallest absolute Gasteiger partial charge is 0.161 e. The lowest BCUT2D eigenvalue weighted by Gasteiger charge is -1.99. The third-order valence-electron chi connectivity index (χ3n) is 1.92. The molecule has 1 aromatic carbocycles. The predicted octanol–water partition coefficient (Wildman–Crippen LogP) is 3.46. The first-order valence-corrected chi connectivity index (χ1v) is 5.76. The number of halogens is 1. The zero-order valence-corrected chi connectivity index (χ0v) is 10.0. The van der Waals surface area contributed by atoms with Gasteiger partial charge >= 0.3 is 0 Å². The largest absolute Gasteiger partial charge is 0.389 e. The van der Waals surface area contributed by atoms with Crippen molar-refractivity contribution in [2.24, 2.45) is 0 Å². The van der Waals surface area contributed by atoms with E-state index in [1.54, 1.807) is 0 Å². The van der Waals surface area contributed by atoms with Crippen LogP contribution in [-0.2, 0) is 0 Å². The Morgan fingerprint density at radius 3 is 2.79 bits per heavy atom. The van der Waals surface area contributed by atoms with Gasteiger partial charge in [-0.05, 0) is 28.9 Å². The minimum atomic E-state index is 0.752. The Balaban J connectivity index is 2.54. The van der Waals surface area contributed by atoms with E-state index in [4.69, 9.17) is 5.73 Å². The molecule has 0 bridgehead atoms. The number of aromatic nitrogens is 1. The average molecular weight is 269 g/mol. The summed E-state index contributed by atoms with van der Waals surface area (Å²) in [6, 6.07) is 8.17. The van der Waals surface area contributed by atoms with Crippen molar-refractivity contribution >= 4 is 32.3 Å². The quantitative estimate of drug-likeness (QED) is 0.861. The second-order valence-corrected chi connectivity index (χ2v) is 5.36. The number of hydrogen-bond acceptors (Lipinski definition) is 3. The van der Waals surface area contributed by atoms with Crippen molar-refractivity contribution in [2.45, 2.75) is 6.92 Å². The molecule has 0 saturated carbocycles. The predicted molar refractivity (Wildman–Crippen MR) is 64.4 cm³/mol. The molecular formula is C10H9BrN2S. The van der Waals surface area contributed by atoms with Crippen molar-refractivity contribution < 1.29 is 0 Å². The van der Waals surface area contributed by atoms with Gasteiger partial charge < -0.3 is 5.73 Å². The van der Waals surface area contributed by atoms with E-state index < -0.39 is 0 Å². The Kier molecular flexibility index (Phi) is 2.56. The highest BCUT2D eigenvalue weighted by Gasteiger charge is 2.08. The van der Waals surface area contributed by atoms with Crippen LogP contribution in [0.5, 0.6) is 0 Å². The summed E-state index contributed by atoms with van der Waals surface area (Å²) in [5.74, 6) is 0. The van der Waals surface area contributed by atoms with E-state index in [0.29, 0.717) is 0 Å². The molecule has 1 aromatic heterocycles. The molecule has 0 radical (unpaired) electrons. The average Bonchev–Trinajstić information content (AvgIpc) is 2.45. The van der Waals surface area contributed by atoms with Crippen LogP contribution in [-0.4, -0.2) is 4.98 Å². The van der Waals surface area contributed by atoms with Gasteiger partial charge in [-0.2, -0.15) is 0 Å². The summed E-state index contributed by atoms with van der Waals surface area (Å²) in [6.07, 6.45) is 0. The van der Waals surface area contributed by atoms with Crippen LogP contribution < -0.4 is 5.73 Å². The SMILES string of the molecule is Cc1cccc(-c2nc(Br)sc2N)c1. The van der Waals surface area contributed by atoms with Crippen molar-refractivity contribution in [3.05, 3.63) is 33.7 Å². The molecule has 4 heteroatoms. The molecule has 1 heterocycles. The van der Waals surface area contributed by atoms with E-state index in [9.17, 15) is 0 Å². The highest BCUT2D eigenvalue weighted by atomic mass is 79.9. The van der Waals surface area contributed by atoms with Gasteiger partial charge in [-0.3, -0.25) is 0 Å². The Morgan fingerprint density at radius 1 is 1.43 bits per heavy atom. The van der Waals surface area contributed by atoms with Crippen molar-refractivity contribution in [3.63, 3.8) is 0 Å². The summed E-state index contributed by atoms with van der Waals surface area (Å²) < 4.78 is 0.825. The maximum absolute atomic E-state index is 5.85. The molecule has 2 rings (SSSR count). The molecule has 14 heavy (non-hydrogen) atoms. The van der Waals surface area contributed by atoms with Gasteiger partial charge in [0.05, 0.1) is 0 Å². The molecule has 0 atom stereocenters. The first kappa shape index (κ1) is 9.68. The normalized spacial score (nSPS) is 10.4. The van der Waals surface area contributed by atoms with Crippen LogP contribution in [0.4, 0.5) is 5.00 Å². The lowest BCUT2D eigenvalue weighted by molar-refractivity contribution is 1.36. The molecule has 0 unspecified atom stereocenters. The molecule has 0 saturated heterocycles. The standard InChI is InChI=1S/C10H9BrN2S/c1-6-3-2-4-7(5-6)8-9(12)14-10(11)13-8/h2-5H,12H2,1H3. The minimum absolute atomic E-state index is 0.752. The fourth-order valence-corrected chi connectivity index (χ4v) is 2.58. The van der Waals surface area contributed by atoms with Gasteiger partial charge in [-0.15, -0.1) is 0 Å². The number of anilines is 1. The second kappa shape index (κ2) is 3.71. The van der Waals surface area contributed by atoms with E-state index in [2.05, 4.69) is 40.0 Å². The van der Waals surface area contributed by atoms with Crippen molar-refractivity contribution in [3.8, 4) is 11.3 Å². The highest BCUT2D eigenvalue weighted by molar-refractivity contribution is 9.11. The molecule has 0 aliphatic heterocycles. The maximum atomic E-state index is 5.85. The lowest BCUT2D eigenvalue weighted by Crippen LogP contribution is -1.85. The Hall–Kier alpha value is -0.870. The fraction of sp³-hybridized carbons (Fsp3) is 0.100. The highest BCUT2D eigenvalue weighted by Crippen LogP contribution is 2.33. The van der Waals surface area contributed by atoms with Crippen LogP contribution in [0.15, 0.2) is 28.2 Å². The van der Waals surface area contributed by atoms with Crippen molar-refractivity contribution in [2.75, 3.05) is 5.73 Å². The summed E-state index contributed by atoms with van der Waals surface area (Å²) in [5.41, 5.74) is 9.00. The van der Waals surface area contributed by atoms with Gasteiger partial charge in [0.25, 0.3) is 0 Å². The summed E-state index contributed by atoms with van der Waals surface area (Å²) in [5, 5.41) is 0.752. The number of aryl methyl sites for hydroxylation is 1. The number of thiazole rings is 1. The molecule has 0 amide bonds. The van der Waals surface area contributed by atoms with Gasteiger partial charge in [0, 0.05) is 5.56 Å². The molecule has 2 aromatic rings. The molecule has 0 spiro atoms. The van der Waals surface area contributed by atoms with Gasteiger partial charge in [0.1, 0.15) is 10.7 Å². The molecular weight excluding hydrogens is 260 g/mol. The fourth-order valence-electron chi connectivity index (χ4n) is 1.30. The van der Waals surface area contributed by atoms with Crippen LogP contribution >= 0.6 is 27.3 Å². The molecule has 0 aliphatic rings. The molecule has 0 aliphatic carbocycles. The number of nitrogens with zero attached hydrogens (tertiary/aromatic N) is 1. The van der Waals surface area contributed by atoms with Crippen LogP contribution in [0.25, 0.3) is 11.3 Å². The Labute approximate surface area is 94.9 Å². The first-order valence-electron chi connectivity index (χ1n) is 4.15. The zero-order valence-electron chi connectivity index (χ0n) is 7.62. The van der Waals surface area contributed by atoms with Crippen LogP contribution in [0.3, 0.4) is 0 Å². The number of nitrogens with two attached hydrogens (primary N) is 1. The van der Waals surface area contributed by atoms with E-state index in [0.717, 1.165) is 20.2 Å². The third kappa shape index (κ3) is 1.81. The lowest BCUT2D eigenvalue weighted by atomic mass is 10.1. The maximum Gasteiger partial charge on any atom is 0.161 e. The molecule has 2 nitrogen and oxygen atoms in total. The zero-order chi connectivity index (χ0) is 10.1. The molecule has 0 fully saturated rings. The molecule has 2 N–H and O–H groups in total. The first-order chi connectivity index (χ1) is 6.66.